The van der Waals surface area contributed by atoms with E-state index in [0.29, 0.717) is 21.8 Å². The van der Waals surface area contributed by atoms with E-state index in [2.05, 4.69) is 20.5 Å². The zero-order chi connectivity index (χ0) is 14.8. The number of nitrogens with one attached hydrogen (secondary N) is 2. The zero-order valence-electron chi connectivity index (χ0n) is 11.5. The van der Waals surface area contributed by atoms with Crippen LogP contribution in [0.4, 0.5) is 5.69 Å². The predicted octanol–water partition coefficient (Wildman–Crippen LogP) is 3.37. The van der Waals surface area contributed by atoms with Gasteiger partial charge in [-0.2, -0.15) is 0 Å². The minimum absolute atomic E-state index is 0.0994. The van der Waals surface area contributed by atoms with E-state index in [1.54, 1.807) is 6.07 Å². The molecule has 1 saturated carbocycles. The summed E-state index contributed by atoms with van der Waals surface area (Å²) in [6, 6.07) is 5.46. The lowest BCUT2D eigenvalue weighted by Gasteiger charge is -2.05. The molecule has 3 rings (SSSR count). The molecule has 110 valence electrons. The molecule has 1 amide bonds. The van der Waals surface area contributed by atoms with Gasteiger partial charge in [0.15, 0.2) is 0 Å². The van der Waals surface area contributed by atoms with Crippen LogP contribution in [0, 0.1) is 6.92 Å². The van der Waals surface area contributed by atoms with Crippen LogP contribution in [-0.4, -0.2) is 26.8 Å². The Morgan fingerprint density at radius 3 is 3.05 bits per heavy atom. The van der Waals surface area contributed by atoms with E-state index < -0.39 is 0 Å². The normalized spacial score (nSPS) is 14.2. The largest absolute Gasteiger partial charge is 0.325 e. The molecule has 0 atom stereocenters. The fourth-order valence-corrected chi connectivity index (χ4v) is 2.65. The van der Waals surface area contributed by atoms with Crippen LogP contribution in [0.3, 0.4) is 0 Å². The summed E-state index contributed by atoms with van der Waals surface area (Å²) in [5.41, 5.74) is 1.68. The number of halogens is 1. The molecule has 1 aliphatic carbocycles. The van der Waals surface area contributed by atoms with Crippen LogP contribution >= 0.6 is 23.4 Å². The molecule has 0 radical (unpaired) electrons. The SMILES string of the molecule is Cc1ccc(NC(=O)CSc2n[nH]c(C3CC3)n2)cc1Cl. The predicted molar refractivity (Wildman–Crippen MR) is 83.9 cm³/mol. The van der Waals surface area contributed by atoms with E-state index in [4.69, 9.17) is 11.6 Å². The molecule has 7 heteroatoms. The molecule has 1 aromatic carbocycles. The molecule has 21 heavy (non-hydrogen) atoms. The maximum atomic E-state index is 11.9. The summed E-state index contributed by atoms with van der Waals surface area (Å²) < 4.78 is 0. The number of nitrogens with zero attached hydrogens (tertiary/aromatic N) is 2. The molecule has 1 fully saturated rings. The summed E-state index contributed by atoms with van der Waals surface area (Å²) in [6.07, 6.45) is 2.35. The molecule has 0 unspecified atom stereocenters. The van der Waals surface area contributed by atoms with Crippen molar-refractivity contribution < 1.29 is 4.79 Å². The van der Waals surface area contributed by atoms with E-state index in [0.717, 1.165) is 11.4 Å². The maximum Gasteiger partial charge on any atom is 0.234 e. The number of hydrogen-bond donors (Lipinski definition) is 2. The van der Waals surface area contributed by atoms with E-state index in [-0.39, 0.29) is 11.7 Å². The first-order valence-electron chi connectivity index (χ1n) is 6.73. The third kappa shape index (κ3) is 3.77. The van der Waals surface area contributed by atoms with Crippen LogP contribution in [0.5, 0.6) is 0 Å². The molecule has 0 spiro atoms. The van der Waals surface area contributed by atoms with Gasteiger partial charge in [0.25, 0.3) is 0 Å². The van der Waals surface area contributed by atoms with E-state index in [1.807, 2.05) is 19.1 Å². The Morgan fingerprint density at radius 1 is 1.52 bits per heavy atom. The standard InChI is InChI=1S/C14H15ClN4OS/c1-8-2-5-10(6-11(8)15)16-12(20)7-21-14-17-13(18-19-14)9-3-4-9/h2,5-6,9H,3-4,7H2,1H3,(H,16,20)(H,17,18,19). The molecule has 2 N–H and O–H groups in total. The molecule has 2 aromatic rings. The average Bonchev–Trinajstić information content (AvgIpc) is 3.20. The van der Waals surface area contributed by atoms with Gasteiger partial charge in [-0.1, -0.05) is 29.4 Å². The quantitative estimate of drug-likeness (QED) is 0.828. The van der Waals surface area contributed by atoms with E-state index in [9.17, 15) is 4.79 Å². The van der Waals surface area contributed by atoms with Gasteiger partial charge in [0.2, 0.25) is 11.1 Å². The van der Waals surface area contributed by atoms with Gasteiger partial charge < -0.3 is 5.32 Å². The van der Waals surface area contributed by atoms with Crippen LogP contribution in [0.15, 0.2) is 23.4 Å². The first kappa shape index (κ1) is 14.4. The third-order valence-electron chi connectivity index (χ3n) is 3.23. The molecule has 1 aromatic heterocycles. The number of aromatic amines is 1. The van der Waals surface area contributed by atoms with Crippen molar-refractivity contribution in [1.82, 2.24) is 15.2 Å². The summed E-state index contributed by atoms with van der Waals surface area (Å²) in [7, 11) is 0. The van der Waals surface area contributed by atoms with Crippen molar-refractivity contribution in [2.24, 2.45) is 0 Å². The average molecular weight is 323 g/mol. The Labute approximate surface area is 131 Å². The van der Waals surface area contributed by atoms with Crippen molar-refractivity contribution in [2.45, 2.75) is 30.8 Å². The zero-order valence-corrected chi connectivity index (χ0v) is 13.1. The number of benzene rings is 1. The van der Waals surface area contributed by atoms with Gasteiger partial charge in [-0.05, 0) is 37.5 Å². The second-order valence-electron chi connectivity index (χ2n) is 5.08. The molecule has 0 aliphatic heterocycles. The lowest BCUT2D eigenvalue weighted by Crippen LogP contribution is -2.14. The van der Waals surface area contributed by atoms with Gasteiger partial charge in [-0.25, -0.2) is 4.98 Å². The summed E-state index contributed by atoms with van der Waals surface area (Å²) in [4.78, 5) is 16.3. The van der Waals surface area contributed by atoms with Crippen LogP contribution < -0.4 is 5.32 Å². The van der Waals surface area contributed by atoms with Crippen molar-refractivity contribution in [3.8, 4) is 0 Å². The number of aromatic nitrogens is 3. The van der Waals surface area contributed by atoms with Gasteiger partial charge in [0.1, 0.15) is 5.82 Å². The monoisotopic (exact) mass is 322 g/mol. The fourth-order valence-electron chi connectivity index (χ4n) is 1.86. The van der Waals surface area contributed by atoms with Gasteiger partial charge in [0, 0.05) is 16.6 Å². The Morgan fingerprint density at radius 2 is 2.33 bits per heavy atom. The van der Waals surface area contributed by atoms with Crippen LogP contribution in [0.25, 0.3) is 0 Å². The molecule has 5 nitrogen and oxygen atoms in total. The topological polar surface area (TPSA) is 70.7 Å². The van der Waals surface area contributed by atoms with Gasteiger partial charge in [-0.3, -0.25) is 9.89 Å². The Bertz CT molecular complexity index is 669. The lowest BCUT2D eigenvalue weighted by atomic mass is 10.2. The van der Waals surface area contributed by atoms with Crippen molar-refractivity contribution in [3.05, 3.63) is 34.6 Å². The van der Waals surface area contributed by atoms with Crippen LogP contribution in [-0.2, 0) is 4.79 Å². The molecule has 1 aliphatic rings. The Hall–Kier alpha value is -1.53. The smallest absolute Gasteiger partial charge is 0.234 e. The number of aryl methyl sites for hydroxylation is 1. The molecular formula is C14H15ClN4OS. The van der Waals surface area contributed by atoms with Gasteiger partial charge in [-0.15, -0.1) is 5.10 Å². The van der Waals surface area contributed by atoms with Crippen molar-refractivity contribution >= 4 is 35.0 Å². The lowest BCUT2D eigenvalue weighted by molar-refractivity contribution is -0.113. The fraction of sp³-hybridized carbons (Fsp3) is 0.357. The van der Waals surface area contributed by atoms with Crippen molar-refractivity contribution in [1.29, 1.82) is 0 Å². The Kier molecular flexibility index (Phi) is 4.17. The number of hydrogen-bond acceptors (Lipinski definition) is 4. The summed E-state index contributed by atoms with van der Waals surface area (Å²) in [5, 5.41) is 11.1. The number of H-pyrrole nitrogens is 1. The minimum atomic E-state index is -0.0994. The highest BCUT2D eigenvalue weighted by Crippen LogP contribution is 2.38. The summed E-state index contributed by atoms with van der Waals surface area (Å²) in [5.74, 6) is 1.64. The van der Waals surface area contributed by atoms with Gasteiger partial charge in [0.05, 0.1) is 5.75 Å². The molecular weight excluding hydrogens is 308 g/mol. The highest BCUT2D eigenvalue weighted by molar-refractivity contribution is 7.99. The second-order valence-corrected chi connectivity index (χ2v) is 6.43. The van der Waals surface area contributed by atoms with Crippen molar-refractivity contribution in [2.75, 3.05) is 11.1 Å². The number of carbonyl (C=O) groups is 1. The number of anilines is 1. The molecule has 0 saturated heterocycles. The number of thioether (sulfide) groups is 1. The van der Waals surface area contributed by atoms with Crippen LogP contribution in [0.1, 0.15) is 30.1 Å². The third-order valence-corrected chi connectivity index (χ3v) is 4.49. The van der Waals surface area contributed by atoms with E-state index >= 15 is 0 Å². The number of carbonyl (C=O) groups excluding carboxylic acids is 1. The minimum Gasteiger partial charge on any atom is -0.325 e. The second kappa shape index (κ2) is 6.07. The highest BCUT2D eigenvalue weighted by atomic mass is 35.5. The number of amides is 1. The van der Waals surface area contributed by atoms with Crippen molar-refractivity contribution in [3.63, 3.8) is 0 Å². The summed E-state index contributed by atoms with van der Waals surface area (Å²) >= 11 is 7.35. The van der Waals surface area contributed by atoms with Gasteiger partial charge >= 0.3 is 0 Å². The summed E-state index contributed by atoms with van der Waals surface area (Å²) in [6.45, 7) is 1.92. The van der Waals surface area contributed by atoms with E-state index in [1.165, 1.54) is 24.6 Å². The highest BCUT2D eigenvalue weighted by Gasteiger charge is 2.27. The molecule has 0 bridgehead atoms. The molecule has 1 heterocycles. The first-order valence-corrected chi connectivity index (χ1v) is 8.09. The van der Waals surface area contributed by atoms with Crippen LogP contribution in [0.2, 0.25) is 5.02 Å². The first-order chi connectivity index (χ1) is 10.1. The number of rotatable bonds is 5. The maximum absolute atomic E-state index is 11.9. The Balaban J connectivity index is 1.52.